The molecule has 2 heterocycles. The minimum atomic E-state index is -1.08. The number of carboxylic acid groups (broad SMARTS) is 1. The number of rotatable bonds is 6. The van der Waals surface area contributed by atoms with Gasteiger partial charge in [-0.05, 0) is 29.8 Å². The largest absolute Gasteiger partial charge is 0.465 e. The van der Waals surface area contributed by atoms with Crippen LogP contribution in [0.2, 0.25) is 5.02 Å². The van der Waals surface area contributed by atoms with E-state index in [0.29, 0.717) is 5.02 Å². The number of carbonyl (C=O) groups is 3. The molecule has 2 aromatic rings. The lowest BCUT2D eigenvalue weighted by Crippen LogP contribution is -2.48. The Morgan fingerprint density at radius 2 is 1.83 bits per heavy atom. The number of amides is 3. The normalized spacial score (nSPS) is 13.0. The molecule has 0 atom stereocenters. The van der Waals surface area contributed by atoms with Crippen molar-refractivity contribution in [2.45, 2.75) is 13.1 Å². The van der Waals surface area contributed by atoms with Gasteiger partial charge in [0.15, 0.2) is 0 Å². The van der Waals surface area contributed by atoms with Gasteiger partial charge in [0.1, 0.15) is 11.3 Å². The van der Waals surface area contributed by atoms with Crippen molar-refractivity contribution in [1.29, 1.82) is 0 Å². The molecule has 158 valence electrons. The first-order valence-corrected chi connectivity index (χ1v) is 9.65. The van der Waals surface area contributed by atoms with Gasteiger partial charge in [-0.25, -0.2) is 4.79 Å². The van der Waals surface area contributed by atoms with Gasteiger partial charge in [0.25, 0.3) is 17.4 Å². The summed E-state index contributed by atoms with van der Waals surface area (Å²) in [7, 11) is 1.42. The van der Waals surface area contributed by atoms with Crippen LogP contribution in [0.25, 0.3) is 0 Å². The fraction of sp³-hybridized carbons (Fsp3) is 0.300. The molecular weight excluding hydrogens is 412 g/mol. The highest BCUT2D eigenvalue weighted by atomic mass is 35.5. The lowest BCUT2D eigenvalue weighted by molar-refractivity contribution is 0.0679. The molecular formula is C20H21ClN4O5. The van der Waals surface area contributed by atoms with Crippen LogP contribution in [-0.4, -0.2) is 64.1 Å². The van der Waals surface area contributed by atoms with Crippen LogP contribution in [0, 0.1) is 0 Å². The molecule has 3 rings (SSSR count). The predicted molar refractivity (Wildman–Crippen MR) is 110 cm³/mol. The van der Waals surface area contributed by atoms with Crippen LogP contribution < -0.4 is 10.9 Å². The first-order chi connectivity index (χ1) is 14.3. The lowest BCUT2D eigenvalue weighted by Gasteiger charge is -2.30. The summed E-state index contributed by atoms with van der Waals surface area (Å²) in [5, 5.41) is 12.2. The van der Waals surface area contributed by atoms with Crippen molar-refractivity contribution in [2.24, 2.45) is 0 Å². The van der Waals surface area contributed by atoms with Gasteiger partial charge >= 0.3 is 6.09 Å². The highest BCUT2D eigenvalue weighted by Crippen LogP contribution is 2.12. The summed E-state index contributed by atoms with van der Waals surface area (Å²) >= 11 is 5.84. The Morgan fingerprint density at radius 1 is 1.13 bits per heavy atom. The van der Waals surface area contributed by atoms with Crippen molar-refractivity contribution in [3.63, 3.8) is 0 Å². The molecule has 0 radical (unpaired) electrons. The van der Waals surface area contributed by atoms with Crippen LogP contribution in [0.4, 0.5) is 4.79 Å². The minimum Gasteiger partial charge on any atom is -0.465 e. The molecule has 1 aliphatic heterocycles. The van der Waals surface area contributed by atoms with Gasteiger partial charge in [-0.1, -0.05) is 23.7 Å². The van der Waals surface area contributed by atoms with Crippen molar-refractivity contribution in [1.82, 2.24) is 19.7 Å². The number of nitrogens with zero attached hydrogens (tertiary/aromatic N) is 3. The molecule has 0 spiro atoms. The molecule has 1 aromatic heterocycles. The standard InChI is InChI=1S/C20H21ClN4O5/c1-23(20(29)30)8-9-24-10-11-25-16(19(24)28)7-6-15(18(25)27)17(26)22-12-13-2-4-14(21)5-3-13/h2-7H,8-12H2,1H3,(H,22,26)(H,29,30). The van der Waals surface area contributed by atoms with Crippen molar-refractivity contribution in [3.05, 3.63) is 68.6 Å². The average Bonchev–Trinajstić information content (AvgIpc) is 2.72. The molecule has 0 fully saturated rings. The van der Waals surface area contributed by atoms with Gasteiger partial charge in [-0.3, -0.25) is 14.4 Å². The maximum absolute atomic E-state index is 12.7. The van der Waals surface area contributed by atoms with Gasteiger partial charge < -0.3 is 24.8 Å². The van der Waals surface area contributed by atoms with Crippen LogP contribution >= 0.6 is 11.6 Å². The van der Waals surface area contributed by atoms with E-state index in [2.05, 4.69) is 5.32 Å². The van der Waals surface area contributed by atoms with Crippen LogP contribution in [-0.2, 0) is 13.1 Å². The maximum Gasteiger partial charge on any atom is 0.407 e. The molecule has 0 unspecified atom stereocenters. The second-order valence-electron chi connectivity index (χ2n) is 6.89. The van der Waals surface area contributed by atoms with Crippen molar-refractivity contribution >= 4 is 29.5 Å². The van der Waals surface area contributed by atoms with Crippen LogP contribution in [0.15, 0.2) is 41.2 Å². The van der Waals surface area contributed by atoms with E-state index in [4.69, 9.17) is 16.7 Å². The number of hydrogen-bond acceptors (Lipinski definition) is 4. The fourth-order valence-corrected chi connectivity index (χ4v) is 3.23. The third-order valence-electron chi connectivity index (χ3n) is 4.92. The molecule has 0 bridgehead atoms. The van der Waals surface area contributed by atoms with Crippen molar-refractivity contribution in [3.8, 4) is 0 Å². The number of aromatic nitrogens is 1. The summed E-state index contributed by atoms with van der Waals surface area (Å²) in [5.74, 6) is -0.895. The van der Waals surface area contributed by atoms with Crippen LogP contribution in [0.1, 0.15) is 26.4 Å². The second kappa shape index (κ2) is 9.00. The van der Waals surface area contributed by atoms with E-state index >= 15 is 0 Å². The van der Waals surface area contributed by atoms with E-state index in [0.717, 1.165) is 10.5 Å². The monoisotopic (exact) mass is 432 g/mol. The highest BCUT2D eigenvalue weighted by molar-refractivity contribution is 6.30. The Balaban J connectivity index is 1.70. The zero-order valence-electron chi connectivity index (χ0n) is 16.3. The molecule has 9 nitrogen and oxygen atoms in total. The van der Waals surface area contributed by atoms with E-state index in [9.17, 15) is 19.2 Å². The number of benzene rings is 1. The van der Waals surface area contributed by atoms with E-state index < -0.39 is 17.6 Å². The number of fused-ring (bicyclic) bond motifs is 1. The summed E-state index contributed by atoms with van der Waals surface area (Å²) in [5.41, 5.74) is 0.442. The van der Waals surface area contributed by atoms with Crippen LogP contribution in [0.3, 0.4) is 0 Å². The average molecular weight is 433 g/mol. The Kier molecular flexibility index (Phi) is 6.41. The molecule has 10 heteroatoms. The Bertz CT molecular complexity index is 1030. The summed E-state index contributed by atoms with van der Waals surface area (Å²) in [6.07, 6.45) is -1.08. The first-order valence-electron chi connectivity index (χ1n) is 9.27. The zero-order chi connectivity index (χ0) is 21.8. The van der Waals surface area contributed by atoms with Crippen LogP contribution in [0.5, 0.6) is 0 Å². The predicted octanol–water partition coefficient (Wildman–Crippen LogP) is 1.50. The quantitative estimate of drug-likeness (QED) is 0.718. The Morgan fingerprint density at radius 3 is 2.50 bits per heavy atom. The zero-order valence-corrected chi connectivity index (χ0v) is 17.1. The van der Waals surface area contributed by atoms with Gasteiger partial charge in [0.05, 0.1) is 0 Å². The Hall–Kier alpha value is -3.33. The third-order valence-corrected chi connectivity index (χ3v) is 5.17. The minimum absolute atomic E-state index is 0.0421. The number of likely N-dealkylation sites (N-methyl/N-ethyl adjacent to an activating group) is 1. The molecule has 0 saturated heterocycles. The molecule has 0 aliphatic carbocycles. The van der Waals surface area contributed by atoms with E-state index in [1.165, 1.54) is 28.6 Å². The lowest BCUT2D eigenvalue weighted by atomic mass is 10.1. The summed E-state index contributed by atoms with van der Waals surface area (Å²) < 4.78 is 1.29. The van der Waals surface area contributed by atoms with Crippen molar-refractivity contribution in [2.75, 3.05) is 26.7 Å². The number of carbonyl (C=O) groups excluding carboxylic acids is 2. The first kappa shape index (κ1) is 21.4. The van der Waals surface area contributed by atoms with Gasteiger partial charge in [0, 0.05) is 44.8 Å². The summed E-state index contributed by atoms with van der Waals surface area (Å²) in [6.45, 7) is 1.11. The molecule has 0 saturated carbocycles. The van der Waals surface area contributed by atoms with E-state index in [-0.39, 0.29) is 49.9 Å². The van der Waals surface area contributed by atoms with Crippen molar-refractivity contribution < 1.29 is 19.5 Å². The second-order valence-corrected chi connectivity index (χ2v) is 7.33. The maximum atomic E-state index is 12.7. The number of hydrogen-bond donors (Lipinski definition) is 2. The SMILES string of the molecule is CN(CCN1CCn2c(ccc(C(=O)NCc3ccc(Cl)cc3)c2=O)C1=O)C(=O)O. The smallest absolute Gasteiger partial charge is 0.407 e. The van der Waals surface area contributed by atoms with Gasteiger partial charge in [-0.2, -0.15) is 0 Å². The molecule has 2 N–H and O–H groups in total. The number of nitrogens with one attached hydrogen (secondary N) is 1. The Labute approximate surface area is 177 Å². The van der Waals surface area contributed by atoms with Gasteiger partial charge in [0.2, 0.25) is 0 Å². The van der Waals surface area contributed by atoms with E-state index in [1.54, 1.807) is 24.3 Å². The number of pyridine rings is 1. The molecule has 30 heavy (non-hydrogen) atoms. The number of halogens is 1. The summed E-state index contributed by atoms with van der Waals surface area (Å²) in [6, 6.07) is 9.77. The fourth-order valence-electron chi connectivity index (χ4n) is 3.10. The summed E-state index contributed by atoms with van der Waals surface area (Å²) in [4.78, 5) is 51.3. The van der Waals surface area contributed by atoms with Gasteiger partial charge in [-0.15, -0.1) is 0 Å². The highest BCUT2D eigenvalue weighted by Gasteiger charge is 2.27. The van der Waals surface area contributed by atoms with E-state index in [1.807, 2.05) is 0 Å². The third kappa shape index (κ3) is 4.62. The molecule has 3 amide bonds. The topological polar surface area (TPSA) is 112 Å². The molecule has 1 aliphatic rings. The molecule has 1 aromatic carbocycles.